The van der Waals surface area contributed by atoms with Crippen molar-refractivity contribution in [2.45, 2.75) is 38.2 Å². The largest absolute Gasteiger partial charge is 0.389 e. The van der Waals surface area contributed by atoms with Crippen LogP contribution in [0, 0.1) is 0 Å². The van der Waals surface area contributed by atoms with Gasteiger partial charge in [0.25, 0.3) is 0 Å². The van der Waals surface area contributed by atoms with Gasteiger partial charge in [0, 0.05) is 6.42 Å². The maximum Gasteiger partial charge on any atom is 0.0712 e. The van der Waals surface area contributed by atoms with Crippen molar-refractivity contribution in [2.24, 2.45) is 0 Å². The molecule has 0 spiro atoms. The van der Waals surface area contributed by atoms with Crippen LogP contribution in [0.2, 0.25) is 0 Å². The van der Waals surface area contributed by atoms with E-state index in [9.17, 15) is 5.11 Å². The third-order valence-corrected chi connectivity index (χ3v) is 3.50. The van der Waals surface area contributed by atoms with Gasteiger partial charge in [-0.15, -0.1) is 12.4 Å². The average molecular weight is 256 g/mol. The van der Waals surface area contributed by atoms with E-state index in [1.54, 1.807) is 0 Å². The van der Waals surface area contributed by atoms with Crippen molar-refractivity contribution in [3.05, 3.63) is 35.4 Å². The quantitative estimate of drug-likeness (QED) is 0.869. The monoisotopic (exact) mass is 255 g/mol. The Kier molecular flexibility index (Phi) is 5.44. The molecule has 0 aromatic heterocycles. The summed E-state index contributed by atoms with van der Waals surface area (Å²) in [5, 5.41) is 13.7. The van der Waals surface area contributed by atoms with Crippen LogP contribution in [0.4, 0.5) is 0 Å². The molecule has 2 nitrogen and oxygen atoms in total. The molecule has 0 radical (unpaired) electrons. The van der Waals surface area contributed by atoms with Crippen molar-refractivity contribution >= 4 is 12.4 Å². The lowest BCUT2D eigenvalue weighted by Crippen LogP contribution is -2.43. The number of aryl methyl sites for hydroxylation is 1. The number of aliphatic hydroxyl groups is 1. The van der Waals surface area contributed by atoms with Gasteiger partial charge in [0.15, 0.2) is 0 Å². The van der Waals surface area contributed by atoms with Gasteiger partial charge in [0.1, 0.15) is 0 Å². The molecule has 0 saturated carbocycles. The molecule has 0 bridgehead atoms. The van der Waals surface area contributed by atoms with E-state index in [1.807, 2.05) is 0 Å². The van der Waals surface area contributed by atoms with Crippen LogP contribution in [0.5, 0.6) is 0 Å². The van der Waals surface area contributed by atoms with E-state index < -0.39 is 5.60 Å². The average Bonchev–Trinajstić information content (AvgIpc) is 2.30. The summed E-state index contributed by atoms with van der Waals surface area (Å²) in [5.74, 6) is 0. The predicted molar refractivity (Wildman–Crippen MR) is 73.8 cm³/mol. The number of halogens is 1. The Morgan fingerprint density at radius 1 is 1.12 bits per heavy atom. The Hall–Kier alpha value is -0.570. The Morgan fingerprint density at radius 2 is 1.65 bits per heavy atom. The number of nitrogens with one attached hydrogen (secondary N) is 1. The fourth-order valence-corrected chi connectivity index (χ4v) is 2.34. The molecule has 1 saturated heterocycles. The zero-order chi connectivity index (χ0) is 11.4. The first-order valence-corrected chi connectivity index (χ1v) is 6.23. The van der Waals surface area contributed by atoms with Crippen molar-refractivity contribution in [3.63, 3.8) is 0 Å². The van der Waals surface area contributed by atoms with Gasteiger partial charge in [-0.1, -0.05) is 31.2 Å². The lowest BCUT2D eigenvalue weighted by molar-refractivity contribution is 0.0109. The van der Waals surface area contributed by atoms with Crippen LogP contribution >= 0.6 is 12.4 Å². The third kappa shape index (κ3) is 3.98. The van der Waals surface area contributed by atoms with Gasteiger partial charge in [0.2, 0.25) is 0 Å². The highest BCUT2D eigenvalue weighted by Crippen LogP contribution is 2.23. The first-order valence-electron chi connectivity index (χ1n) is 6.23. The van der Waals surface area contributed by atoms with Crippen LogP contribution in [-0.2, 0) is 12.8 Å². The molecule has 1 aromatic rings. The number of rotatable bonds is 3. The van der Waals surface area contributed by atoms with Crippen LogP contribution < -0.4 is 5.32 Å². The highest BCUT2D eigenvalue weighted by Gasteiger charge is 2.28. The maximum atomic E-state index is 10.4. The van der Waals surface area contributed by atoms with Crippen LogP contribution in [0.15, 0.2) is 24.3 Å². The van der Waals surface area contributed by atoms with E-state index in [2.05, 4.69) is 36.5 Å². The molecule has 1 aliphatic heterocycles. The fourth-order valence-electron chi connectivity index (χ4n) is 2.34. The van der Waals surface area contributed by atoms with E-state index in [0.717, 1.165) is 38.8 Å². The molecule has 1 aliphatic rings. The number of hydrogen-bond donors (Lipinski definition) is 2. The van der Waals surface area contributed by atoms with E-state index in [0.29, 0.717) is 0 Å². The molecule has 2 N–H and O–H groups in total. The minimum absolute atomic E-state index is 0. The highest BCUT2D eigenvalue weighted by molar-refractivity contribution is 5.85. The SMILES string of the molecule is CCc1ccc(CC2(O)CCNCC2)cc1.Cl. The minimum atomic E-state index is -0.487. The first-order chi connectivity index (χ1) is 7.72. The van der Waals surface area contributed by atoms with Crippen LogP contribution in [-0.4, -0.2) is 23.8 Å². The molecule has 0 unspecified atom stereocenters. The van der Waals surface area contributed by atoms with E-state index >= 15 is 0 Å². The molecule has 3 heteroatoms. The second kappa shape index (κ2) is 6.39. The zero-order valence-electron chi connectivity index (χ0n) is 10.4. The summed E-state index contributed by atoms with van der Waals surface area (Å²) in [6.45, 7) is 4.03. The van der Waals surface area contributed by atoms with Gasteiger partial charge in [-0.05, 0) is 43.5 Å². The Labute approximate surface area is 110 Å². The molecule has 0 amide bonds. The predicted octanol–water partition coefficient (Wildman–Crippen LogP) is 2.33. The summed E-state index contributed by atoms with van der Waals surface area (Å²) >= 11 is 0. The Morgan fingerprint density at radius 3 is 2.18 bits per heavy atom. The Bertz CT molecular complexity index is 331. The van der Waals surface area contributed by atoms with Crippen molar-refractivity contribution in [2.75, 3.05) is 13.1 Å². The molecular formula is C14H22ClNO. The fraction of sp³-hybridized carbons (Fsp3) is 0.571. The number of hydrogen-bond acceptors (Lipinski definition) is 2. The third-order valence-electron chi connectivity index (χ3n) is 3.50. The summed E-state index contributed by atoms with van der Waals surface area (Å²) in [7, 11) is 0. The molecule has 1 aromatic carbocycles. The molecule has 96 valence electrons. The molecule has 17 heavy (non-hydrogen) atoms. The molecule has 0 aliphatic carbocycles. The standard InChI is InChI=1S/C14H21NO.ClH/c1-2-12-3-5-13(6-4-12)11-14(16)7-9-15-10-8-14;/h3-6,15-16H,2,7-11H2,1H3;1H. The summed E-state index contributed by atoms with van der Waals surface area (Å²) in [6.07, 6.45) is 3.60. The van der Waals surface area contributed by atoms with Gasteiger partial charge in [-0.2, -0.15) is 0 Å². The van der Waals surface area contributed by atoms with Crippen molar-refractivity contribution in [3.8, 4) is 0 Å². The van der Waals surface area contributed by atoms with Gasteiger partial charge in [-0.25, -0.2) is 0 Å². The first kappa shape index (κ1) is 14.5. The minimum Gasteiger partial charge on any atom is -0.389 e. The second-order valence-corrected chi connectivity index (χ2v) is 4.82. The summed E-state index contributed by atoms with van der Waals surface area (Å²) in [5.41, 5.74) is 2.13. The van der Waals surface area contributed by atoms with E-state index in [-0.39, 0.29) is 12.4 Å². The van der Waals surface area contributed by atoms with Crippen LogP contribution in [0.3, 0.4) is 0 Å². The lowest BCUT2D eigenvalue weighted by Gasteiger charge is -2.32. The summed E-state index contributed by atoms with van der Waals surface area (Å²) in [4.78, 5) is 0. The van der Waals surface area contributed by atoms with E-state index in [1.165, 1.54) is 11.1 Å². The van der Waals surface area contributed by atoms with E-state index in [4.69, 9.17) is 0 Å². The second-order valence-electron chi connectivity index (χ2n) is 4.82. The number of benzene rings is 1. The van der Waals surface area contributed by atoms with Gasteiger partial charge in [-0.3, -0.25) is 0 Å². The zero-order valence-corrected chi connectivity index (χ0v) is 11.2. The normalized spacial score (nSPS) is 18.5. The smallest absolute Gasteiger partial charge is 0.0712 e. The summed E-state index contributed by atoms with van der Waals surface area (Å²) < 4.78 is 0. The van der Waals surface area contributed by atoms with Gasteiger partial charge >= 0.3 is 0 Å². The van der Waals surface area contributed by atoms with Crippen molar-refractivity contribution < 1.29 is 5.11 Å². The van der Waals surface area contributed by atoms with Crippen LogP contribution in [0.1, 0.15) is 30.9 Å². The molecule has 0 atom stereocenters. The molecule has 1 fully saturated rings. The summed E-state index contributed by atoms with van der Waals surface area (Å²) in [6, 6.07) is 8.64. The lowest BCUT2D eigenvalue weighted by atomic mass is 9.86. The van der Waals surface area contributed by atoms with Gasteiger partial charge in [0.05, 0.1) is 5.60 Å². The molecular weight excluding hydrogens is 234 g/mol. The molecule has 1 heterocycles. The van der Waals surface area contributed by atoms with Crippen molar-refractivity contribution in [1.82, 2.24) is 5.32 Å². The topological polar surface area (TPSA) is 32.3 Å². The van der Waals surface area contributed by atoms with Crippen molar-refractivity contribution in [1.29, 1.82) is 0 Å². The maximum absolute atomic E-state index is 10.4. The van der Waals surface area contributed by atoms with Crippen LogP contribution in [0.25, 0.3) is 0 Å². The molecule has 2 rings (SSSR count). The number of piperidine rings is 1. The Balaban J connectivity index is 0.00000144. The van der Waals surface area contributed by atoms with Gasteiger partial charge < -0.3 is 10.4 Å². The highest BCUT2D eigenvalue weighted by atomic mass is 35.5.